The van der Waals surface area contributed by atoms with E-state index in [0.717, 1.165) is 11.1 Å². The number of likely N-dealkylation sites (tertiary alicyclic amines) is 1. The first-order chi connectivity index (χ1) is 16.4. The quantitative estimate of drug-likeness (QED) is 0.546. The van der Waals surface area contributed by atoms with Crippen molar-refractivity contribution in [2.24, 2.45) is 5.92 Å². The molecule has 4 atom stereocenters. The molecule has 4 unspecified atom stereocenters. The lowest BCUT2D eigenvalue weighted by atomic mass is 9.76. The van der Waals surface area contributed by atoms with E-state index < -0.39 is 23.9 Å². The van der Waals surface area contributed by atoms with E-state index in [-0.39, 0.29) is 23.6 Å². The van der Waals surface area contributed by atoms with E-state index in [1.807, 2.05) is 92.7 Å². The number of nitrogens with one attached hydrogen (secondary N) is 1. The van der Waals surface area contributed by atoms with Gasteiger partial charge >= 0.3 is 0 Å². The molecule has 2 amide bonds. The molecule has 3 aromatic rings. The maximum absolute atomic E-state index is 14.1. The Morgan fingerprint density at radius 1 is 0.765 bits per heavy atom. The number of hydrogen-bond acceptors (Lipinski definition) is 3. The van der Waals surface area contributed by atoms with Crippen LogP contribution in [0.3, 0.4) is 0 Å². The lowest BCUT2D eigenvalue weighted by Crippen LogP contribution is -2.49. The van der Waals surface area contributed by atoms with Crippen molar-refractivity contribution in [1.82, 2.24) is 10.2 Å². The van der Waals surface area contributed by atoms with E-state index in [9.17, 15) is 14.4 Å². The molecule has 174 valence electrons. The van der Waals surface area contributed by atoms with Crippen LogP contribution in [0.5, 0.6) is 0 Å². The van der Waals surface area contributed by atoms with E-state index in [1.165, 1.54) is 6.92 Å². The van der Waals surface area contributed by atoms with Gasteiger partial charge in [0.05, 0.1) is 12.0 Å². The largest absolute Gasteiger partial charge is 0.352 e. The fourth-order valence-corrected chi connectivity index (χ4v) is 5.15. The summed E-state index contributed by atoms with van der Waals surface area (Å²) in [6, 6.07) is 26.8. The van der Waals surface area contributed by atoms with Gasteiger partial charge in [-0.25, -0.2) is 0 Å². The summed E-state index contributed by atoms with van der Waals surface area (Å²) < 4.78 is 0. The summed E-state index contributed by atoms with van der Waals surface area (Å²) >= 11 is 0. The first-order valence-electron chi connectivity index (χ1n) is 11.7. The van der Waals surface area contributed by atoms with Gasteiger partial charge in [-0.1, -0.05) is 91.0 Å². The zero-order valence-electron chi connectivity index (χ0n) is 19.7. The number of rotatable bonds is 6. The SMILES string of the molecule is CC(=O)N1C(C(=O)NC(C)C)C(c2ccccc2)C(C(=O)c2ccccc2)C1c1ccccc1. The van der Waals surface area contributed by atoms with Crippen LogP contribution in [0.25, 0.3) is 0 Å². The van der Waals surface area contributed by atoms with Crippen LogP contribution in [-0.4, -0.2) is 34.6 Å². The Morgan fingerprint density at radius 2 is 1.26 bits per heavy atom. The number of ketones is 1. The third-order valence-corrected chi connectivity index (χ3v) is 6.42. The maximum atomic E-state index is 14.1. The molecule has 34 heavy (non-hydrogen) atoms. The number of benzene rings is 3. The fraction of sp³-hybridized carbons (Fsp3) is 0.276. The van der Waals surface area contributed by atoms with E-state index in [0.29, 0.717) is 5.56 Å². The monoisotopic (exact) mass is 454 g/mol. The minimum Gasteiger partial charge on any atom is -0.352 e. The summed E-state index contributed by atoms with van der Waals surface area (Å²) in [5.41, 5.74) is 2.28. The van der Waals surface area contributed by atoms with Crippen LogP contribution >= 0.6 is 0 Å². The van der Waals surface area contributed by atoms with Gasteiger partial charge in [0.15, 0.2) is 5.78 Å². The third kappa shape index (κ3) is 4.51. The second-order valence-corrected chi connectivity index (χ2v) is 9.08. The molecule has 5 heteroatoms. The normalized spacial score (nSPS) is 21.9. The van der Waals surface area contributed by atoms with Crippen molar-refractivity contribution >= 4 is 17.6 Å². The second kappa shape index (κ2) is 10.0. The van der Waals surface area contributed by atoms with Gasteiger partial charge in [0, 0.05) is 24.4 Å². The highest BCUT2D eigenvalue weighted by Crippen LogP contribution is 2.51. The topological polar surface area (TPSA) is 66.5 Å². The van der Waals surface area contributed by atoms with Gasteiger partial charge in [-0.3, -0.25) is 14.4 Å². The van der Waals surface area contributed by atoms with Crippen molar-refractivity contribution in [1.29, 1.82) is 0 Å². The van der Waals surface area contributed by atoms with Crippen LogP contribution in [0.1, 0.15) is 54.2 Å². The maximum Gasteiger partial charge on any atom is 0.243 e. The smallest absolute Gasteiger partial charge is 0.243 e. The van der Waals surface area contributed by atoms with Gasteiger partial charge in [-0.2, -0.15) is 0 Å². The molecule has 0 aliphatic carbocycles. The lowest BCUT2D eigenvalue weighted by molar-refractivity contribution is -0.139. The molecule has 1 N–H and O–H groups in total. The van der Waals surface area contributed by atoms with Crippen LogP contribution in [-0.2, 0) is 9.59 Å². The predicted molar refractivity (Wildman–Crippen MR) is 132 cm³/mol. The molecule has 1 aliphatic heterocycles. The molecule has 5 nitrogen and oxygen atoms in total. The first kappa shape index (κ1) is 23.4. The average molecular weight is 455 g/mol. The predicted octanol–water partition coefficient (Wildman–Crippen LogP) is 4.77. The average Bonchev–Trinajstić information content (AvgIpc) is 3.21. The Morgan fingerprint density at radius 3 is 1.76 bits per heavy atom. The minimum atomic E-state index is -0.815. The van der Waals surface area contributed by atoms with Crippen molar-refractivity contribution in [3.05, 3.63) is 108 Å². The summed E-state index contributed by atoms with van der Waals surface area (Å²) in [7, 11) is 0. The molecule has 1 saturated heterocycles. The summed E-state index contributed by atoms with van der Waals surface area (Å²) in [4.78, 5) is 42.5. The van der Waals surface area contributed by atoms with Crippen molar-refractivity contribution in [2.45, 2.75) is 44.8 Å². The highest BCUT2D eigenvalue weighted by atomic mass is 16.2. The number of Topliss-reactive ketones (excluding diaryl/α,β-unsaturated/α-hetero) is 1. The molecule has 0 aromatic heterocycles. The number of carbonyl (C=O) groups is 3. The van der Waals surface area contributed by atoms with Crippen molar-refractivity contribution < 1.29 is 14.4 Å². The summed E-state index contributed by atoms with van der Waals surface area (Å²) in [6.45, 7) is 5.26. The van der Waals surface area contributed by atoms with Gasteiger partial charge in [0.1, 0.15) is 6.04 Å². The number of hydrogen-bond donors (Lipinski definition) is 1. The Labute approximate surface area is 200 Å². The van der Waals surface area contributed by atoms with Crippen molar-refractivity contribution in [3.63, 3.8) is 0 Å². The van der Waals surface area contributed by atoms with Crippen LogP contribution in [0.15, 0.2) is 91.0 Å². The molecule has 0 spiro atoms. The van der Waals surface area contributed by atoms with E-state index in [2.05, 4.69) is 5.32 Å². The van der Waals surface area contributed by atoms with Crippen LogP contribution in [0, 0.1) is 5.92 Å². The number of amides is 2. The van der Waals surface area contributed by atoms with Crippen molar-refractivity contribution in [2.75, 3.05) is 0 Å². The molecule has 1 fully saturated rings. The third-order valence-electron chi connectivity index (χ3n) is 6.42. The van der Waals surface area contributed by atoms with Gasteiger partial charge in [0.25, 0.3) is 0 Å². The first-order valence-corrected chi connectivity index (χ1v) is 11.7. The Balaban J connectivity index is 1.96. The Bertz CT molecular complexity index is 1150. The molecule has 1 heterocycles. The molecule has 4 rings (SSSR count). The molecule has 0 saturated carbocycles. The van der Waals surface area contributed by atoms with E-state index in [4.69, 9.17) is 0 Å². The van der Waals surface area contributed by atoms with Crippen molar-refractivity contribution in [3.8, 4) is 0 Å². The highest BCUT2D eigenvalue weighted by molar-refractivity contribution is 6.01. The minimum absolute atomic E-state index is 0.0746. The fourth-order valence-electron chi connectivity index (χ4n) is 5.15. The van der Waals surface area contributed by atoms with Gasteiger partial charge in [-0.05, 0) is 25.0 Å². The molecule has 0 bridgehead atoms. The van der Waals surface area contributed by atoms with Crippen LogP contribution in [0.4, 0.5) is 0 Å². The number of nitrogens with zero attached hydrogens (tertiary/aromatic N) is 1. The Hall–Kier alpha value is -3.73. The summed E-state index contributed by atoms with van der Waals surface area (Å²) in [6.07, 6.45) is 0. The van der Waals surface area contributed by atoms with Gasteiger partial charge in [0.2, 0.25) is 11.8 Å². The summed E-state index contributed by atoms with van der Waals surface area (Å²) in [5.74, 6) is -1.68. The number of carbonyl (C=O) groups excluding carboxylic acids is 3. The van der Waals surface area contributed by atoms with Gasteiger partial charge < -0.3 is 10.2 Å². The molecule has 3 aromatic carbocycles. The van der Waals surface area contributed by atoms with E-state index >= 15 is 0 Å². The van der Waals surface area contributed by atoms with Crippen LogP contribution in [0.2, 0.25) is 0 Å². The molecular formula is C29H30N2O3. The highest BCUT2D eigenvalue weighted by Gasteiger charge is 2.56. The van der Waals surface area contributed by atoms with Gasteiger partial charge in [-0.15, -0.1) is 0 Å². The zero-order valence-corrected chi connectivity index (χ0v) is 19.7. The standard InChI is InChI=1S/C29H30N2O3/c1-19(2)30-29(34)27-24(21-13-7-4-8-14-21)25(28(33)23-17-11-6-12-18-23)26(31(27)20(3)32)22-15-9-5-10-16-22/h4-19,24-27H,1-3H3,(H,30,34). The van der Waals surface area contributed by atoms with E-state index in [1.54, 1.807) is 17.0 Å². The molecule has 1 aliphatic rings. The summed E-state index contributed by atoms with van der Waals surface area (Å²) in [5, 5.41) is 3.00. The van der Waals surface area contributed by atoms with Crippen LogP contribution < -0.4 is 5.32 Å². The molecular weight excluding hydrogens is 424 g/mol. The zero-order chi connectivity index (χ0) is 24.2. The second-order valence-electron chi connectivity index (χ2n) is 9.08. The lowest BCUT2D eigenvalue weighted by Gasteiger charge is -2.31. The Kier molecular flexibility index (Phi) is 6.92. The molecule has 0 radical (unpaired) electrons.